The van der Waals surface area contributed by atoms with E-state index in [-0.39, 0.29) is 6.03 Å². The monoisotopic (exact) mass is 534 g/mol. The first-order valence-corrected chi connectivity index (χ1v) is 14.1. The van der Waals surface area contributed by atoms with Crippen LogP contribution in [0.25, 0.3) is 0 Å². The third kappa shape index (κ3) is 8.37. The zero-order valence-electron chi connectivity index (χ0n) is 23.3. The lowest BCUT2D eigenvalue weighted by Crippen LogP contribution is -2.43. The van der Waals surface area contributed by atoms with Gasteiger partial charge in [0, 0.05) is 49.5 Å². The van der Waals surface area contributed by atoms with Crippen LogP contribution >= 0.6 is 0 Å². The number of benzene rings is 1. The number of carbonyl (C=O) groups is 1. The van der Waals surface area contributed by atoms with Crippen molar-refractivity contribution in [2.45, 2.75) is 64.8 Å². The van der Waals surface area contributed by atoms with Gasteiger partial charge in [0.25, 0.3) is 0 Å². The van der Waals surface area contributed by atoms with Gasteiger partial charge in [0.05, 0.1) is 20.0 Å². The third-order valence-electron chi connectivity index (χ3n) is 7.35. The van der Waals surface area contributed by atoms with Gasteiger partial charge in [0.2, 0.25) is 0 Å². The molecule has 4 rings (SSSR count). The van der Waals surface area contributed by atoms with E-state index >= 15 is 0 Å². The van der Waals surface area contributed by atoms with Crippen molar-refractivity contribution in [3.8, 4) is 11.5 Å². The van der Waals surface area contributed by atoms with Crippen molar-refractivity contribution in [3.05, 3.63) is 60.3 Å². The number of anilines is 2. The predicted octanol–water partition coefficient (Wildman–Crippen LogP) is 5.38. The van der Waals surface area contributed by atoms with E-state index in [2.05, 4.69) is 19.9 Å². The molecule has 2 heterocycles. The zero-order valence-corrected chi connectivity index (χ0v) is 23.3. The molecule has 3 N–H and O–H groups in total. The van der Waals surface area contributed by atoms with E-state index in [9.17, 15) is 4.79 Å². The first-order valence-electron chi connectivity index (χ1n) is 14.1. The summed E-state index contributed by atoms with van der Waals surface area (Å²) in [6.07, 6.45) is 13.9. The highest BCUT2D eigenvalue weighted by molar-refractivity contribution is 5.92. The summed E-state index contributed by atoms with van der Waals surface area (Å²) in [5.74, 6) is 2.39. The molecule has 1 aromatic carbocycles. The summed E-state index contributed by atoms with van der Waals surface area (Å²) in [6, 6.07) is 9.62. The van der Waals surface area contributed by atoms with Crippen LogP contribution in [0.1, 0.15) is 56.2 Å². The summed E-state index contributed by atoms with van der Waals surface area (Å²) in [6.45, 7) is 4.75. The average Bonchev–Trinajstić information content (AvgIpc) is 3.61. The highest BCUT2D eigenvalue weighted by Crippen LogP contribution is 2.34. The fourth-order valence-electron chi connectivity index (χ4n) is 5.12. The van der Waals surface area contributed by atoms with Gasteiger partial charge in [-0.15, -0.1) is 0 Å². The van der Waals surface area contributed by atoms with E-state index in [1.165, 1.54) is 18.4 Å². The number of unbranched alkanes of at least 4 members (excludes halogenated alkanes) is 1. The van der Waals surface area contributed by atoms with Crippen LogP contribution in [0.2, 0.25) is 0 Å². The highest BCUT2D eigenvalue weighted by Gasteiger charge is 2.24. The molecular formula is C30H42N6O3. The Hall–Kier alpha value is -3.75. The van der Waals surface area contributed by atoms with Crippen LogP contribution in [-0.2, 0) is 13.0 Å². The maximum absolute atomic E-state index is 13.3. The summed E-state index contributed by atoms with van der Waals surface area (Å²) in [5.41, 5.74) is 8.90. The zero-order chi connectivity index (χ0) is 27.5. The fraction of sp³-hybridized carbons (Fsp3) is 0.500. The number of nitrogens with two attached hydrogens (primary N) is 1. The van der Waals surface area contributed by atoms with E-state index in [1.54, 1.807) is 13.3 Å². The van der Waals surface area contributed by atoms with E-state index in [4.69, 9.17) is 15.2 Å². The van der Waals surface area contributed by atoms with Crippen molar-refractivity contribution in [2.24, 2.45) is 5.92 Å². The molecule has 39 heavy (non-hydrogen) atoms. The summed E-state index contributed by atoms with van der Waals surface area (Å²) >= 11 is 0. The van der Waals surface area contributed by atoms with Crippen molar-refractivity contribution >= 4 is 17.5 Å². The van der Waals surface area contributed by atoms with Crippen molar-refractivity contribution in [3.63, 3.8) is 0 Å². The average molecular weight is 535 g/mol. The largest absolute Gasteiger partial charge is 0.493 e. The topological polar surface area (TPSA) is 108 Å². The molecule has 0 bridgehead atoms. The Bertz CT molecular complexity index is 1190. The standard InChI is InChI=1S/C30H42N6O3/c1-23-20-32-22-35(23)16-7-14-34-30(37)36(21-25-9-3-4-10-25)26-11-12-27(28(19-26)38-2)39-17-6-5-8-24-13-15-33-29(31)18-24/h11-13,15,18-20,22,25H,3-10,14,16-17,21H2,1-2H3,(H2,31,33)(H,34,37). The molecule has 0 saturated heterocycles. The van der Waals surface area contributed by atoms with Crippen LogP contribution < -0.4 is 25.4 Å². The van der Waals surface area contributed by atoms with Gasteiger partial charge in [-0.3, -0.25) is 4.90 Å². The van der Waals surface area contributed by atoms with Crippen LogP contribution in [0.15, 0.2) is 49.1 Å². The van der Waals surface area contributed by atoms with E-state index in [1.807, 2.05) is 54.7 Å². The number of nitrogen functional groups attached to an aromatic ring is 1. The van der Waals surface area contributed by atoms with E-state index in [0.29, 0.717) is 42.9 Å². The lowest BCUT2D eigenvalue weighted by molar-refractivity contribution is 0.244. The maximum Gasteiger partial charge on any atom is 0.321 e. The molecular weight excluding hydrogens is 492 g/mol. The molecule has 0 unspecified atom stereocenters. The smallest absolute Gasteiger partial charge is 0.321 e. The number of imidazole rings is 1. The van der Waals surface area contributed by atoms with Gasteiger partial charge in [-0.1, -0.05) is 12.8 Å². The van der Waals surface area contributed by atoms with Gasteiger partial charge in [-0.25, -0.2) is 14.8 Å². The lowest BCUT2D eigenvalue weighted by atomic mass is 10.1. The highest BCUT2D eigenvalue weighted by atomic mass is 16.5. The quantitative estimate of drug-likeness (QED) is 0.269. The maximum atomic E-state index is 13.3. The molecule has 1 saturated carbocycles. The van der Waals surface area contributed by atoms with Crippen LogP contribution in [0, 0.1) is 12.8 Å². The van der Waals surface area contributed by atoms with Gasteiger partial charge in [0.1, 0.15) is 5.82 Å². The van der Waals surface area contributed by atoms with Crippen molar-refractivity contribution in [1.29, 1.82) is 0 Å². The number of hydrogen-bond donors (Lipinski definition) is 2. The number of pyridine rings is 1. The number of rotatable bonds is 14. The molecule has 0 spiro atoms. The summed E-state index contributed by atoms with van der Waals surface area (Å²) in [5, 5.41) is 3.12. The minimum absolute atomic E-state index is 0.0725. The molecule has 0 atom stereocenters. The molecule has 1 fully saturated rings. The van der Waals surface area contributed by atoms with Gasteiger partial charge in [-0.05, 0) is 81.2 Å². The van der Waals surface area contributed by atoms with Crippen molar-refractivity contribution in [1.82, 2.24) is 19.9 Å². The van der Waals surface area contributed by atoms with Crippen molar-refractivity contribution in [2.75, 3.05) is 37.4 Å². The summed E-state index contributed by atoms with van der Waals surface area (Å²) in [7, 11) is 1.64. The molecule has 2 amide bonds. The second-order valence-corrected chi connectivity index (χ2v) is 10.3. The molecule has 210 valence electrons. The predicted molar refractivity (Wildman–Crippen MR) is 154 cm³/mol. The Morgan fingerprint density at radius 1 is 1.15 bits per heavy atom. The molecule has 3 aromatic rings. The second-order valence-electron chi connectivity index (χ2n) is 10.3. The summed E-state index contributed by atoms with van der Waals surface area (Å²) in [4.78, 5) is 23.4. The number of urea groups is 1. The number of aromatic nitrogens is 3. The van der Waals surface area contributed by atoms with Crippen LogP contribution in [-0.4, -0.2) is 47.4 Å². The molecule has 9 nitrogen and oxygen atoms in total. The van der Waals surface area contributed by atoms with Crippen LogP contribution in [0.4, 0.5) is 16.3 Å². The van der Waals surface area contributed by atoms with Crippen LogP contribution in [0.3, 0.4) is 0 Å². The number of methoxy groups -OCH3 is 1. The Balaban J connectivity index is 1.33. The molecule has 0 aliphatic heterocycles. The minimum Gasteiger partial charge on any atom is -0.493 e. The molecule has 0 radical (unpaired) electrons. The van der Waals surface area contributed by atoms with Gasteiger partial charge in [-0.2, -0.15) is 0 Å². The number of nitrogens with one attached hydrogen (secondary N) is 1. The van der Waals surface area contributed by atoms with Gasteiger partial charge in [0.15, 0.2) is 11.5 Å². The normalized spacial score (nSPS) is 13.4. The Labute approximate surface area is 231 Å². The Morgan fingerprint density at radius 3 is 2.74 bits per heavy atom. The Morgan fingerprint density at radius 2 is 2.00 bits per heavy atom. The van der Waals surface area contributed by atoms with Crippen LogP contribution in [0.5, 0.6) is 11.5 Å². The molecule has 1 aliphatic rings. The van der Waals surface area contributed by atoms with Gasteiger partial charge >= 0.3 is 6.03 Å². The third-order valence-corrected chi connectivity index (χ3v) is 7.35. The number of aryl methyl sites for hydroxylation is 3. The van der Waals surface area contributed by atoms with Gasteiger partial charge < -0.3 is 25.1 Å². The second kappa shape index (κ2) is 14.4. The fourth-order valence-corrected chi connectivity index (χ4v) is 5.12. The Kier molecular flexibility index (Phi) is 10.4. The first-order chi connectivity index (χ1) is 19.0. The number of ether oxygens (including phenoxy) is 2. The SMILES string of the molecule is COc1cc(N(CC2CCCC2)C(=O)NCCCn2cncc2C)ccc1OCCCCc1ccnc(N)c1. The number of hydrogen-bond acceptors (Lipinski definition) is 6. The molecule has 1 aliphatic carbocycles. The lowest BCUT2D eigenvalue weighted by Gasteiger charge is -2.27. The minimum atomic E-state index is -0.0725. The number of carbonyl (C=O) groups excluding carboxylic acids is 1. The van der Waals surface area contributed by atoms with E-state index < -0.39 is 0 Å². The number of amides is 2. The number of nitrogens with zero attached hydrogens (tertiary/aromatic N) is 4. The van der Waals surface area contributed by atoms with E-state index in [0.717, 1.165) is 56.5 Å². The summed E-state index contributed by atoms with van der Waals surface area (Å²) < 4.78 is 13.8. The first kappa shape index (κ1) is 28.3. The molecule has 2 aromatic heterocycles. The molecule has 9 heteroatoms. The van der Waals surface area contributed by atoms with Crippen molar-refractivity contribution < 1.29 is 14.3 Å².